The average molecular weight is 485 g/mol. The van der Waals surface area contributed by atoms with Crippen molar-refractivity contribution in [3.8, 4) is 11.5 Å². The Morgan fingerprint density at radius 3 is 2.76 bits per heavy atom. The van der Waals surface area contributed by atoms with E-state index < -0.39 is 5.97 Å². The summed E-state index contributed by atoms with van der Waals surface area (Å²) >= 11 is 1.31. The number of nitrogen functional groups attached to an aromatic ring is 1. The maximum atomic E-state index is 12.5. The largest absolute Gasteiger partial charge is 0.465 e. The van der Waals surface area contributed by atoms with Crippen molar-refractivity contribution >= 4 is 41.1 Å². The van der Waals surface area contributed by atoms with Crippen LogP contribution < -0.4 is 15.2 Å². The highest BCUT2D eigenvalue weighted by Crippen LogP contribution is 2.41. The number of fused-ring (bicyclic) bond motifs is 2. The van der Waals surface area contributed by atoms with Crippen LogP contribution in [0.5, 0.6) is 11.5 Å². The van der Waals surface area contributed by atoms with Gasteiger partial charge in [-0.25, -0.2) is 19.7 Å². The summed E-state index contributed by atoms with van der Waals surface area (Å²) in [5, 5.41) is 0.636. The molecule has 0 aliphatic carbocycles. The second kappa shape index (κ2) is 9.37. The number of aromatic nitrogens is 4. The Kier molecular flexibility index (Phi) is 6.14. The van der Waals surface area contributed by atoms with Gasteiger partial charge in [0.15, 0.2) is 33.6 Å². The summed E-state index contributed by atoms with van der Waals surface area (Å²) in [4.78, 5) is 39.2. The highest BCUT2D eigenvalue weighted by molar-refractivity contribution is 7.99. The molecule has 1 amide bonds. The van der Waals surface area contributed by atoms with E-state index in [4.69, 9.17) is 24.9 Å². The molecule has 0 unspecified atom stereocenters. The first-order valence-corrected chi connectivity index (χ1v) is 11.7. The normalized spacial score (nSPS) is 15.6. The zero-order valence-corrected chi connectivity index (χ0v) is 19.4. The van der Waals surface area contributed by atoms with Gasteiger partial charge in [0.25, 0.3) is 0 Å². The van der Waals surface area contributed by atoms with E-state index in [9.17, 15) is 9.59 Å². The van der Waals surface area contributed by atoms with Gasteiger partial charge in [-0.15, -0.1) is 0 Å². The molecule has 11 nitrogen and oxygen atoms in total. The minimum absolute atomic E-state index is 0.0949. The summed E-state index contributed by atoms with van der Waals surface area (Å²) in [6, 6.07) is 3.38. The van der Waals surface area contributed by atoms with Gasteiger partial charge >= 0.3 is 5.97 Å². The first-order chi connectivity index (χ1) is 16.6. The molecule has 1 saturated heterocycles. The number of piperidine rings is 1. The van der Waals surface area contributed by atoms with Gasteiger partial charge in [0.1, 0.15) is 6.33 Å². The third kappa shape index (κ3) is 4.20. The summed E-state index contributed by atoms with van der Waals surface area (Å²) in [6.45, 7) is 2.31. The van der Waals surface area contributed by atoms with Crippen molar-refractivity contribution in [2.45, 2.75) is 35.9 Å². The number of methoxy groups -OCH3 is 1. The number of benzene rings is 1. The van der Waals surface area contributed by atoms with Crippen molar-refractivity contribution in [2.75, 3.05) is 32.7 Å². The number of nitrogens with two attached hydrogens (primary N) is 1. The number of aryl methyl sites for hydroxylation is 1. The van der Waals surface area contributed by atoms with Crippen LogP contribution in [0.4, 0.5) is 5.82 Å². The molecule has 0 bridgehead atoms. The lowest BCUT2D eigenvalue weighted by molar-refractivity contribution is -0.119. The van der Waals surface area contributed by atoms with Crippen LogP contribution in [0.25, 0.3) is 11.2 Å². The molecule has 2 N–H and O–H groups in total. The van der Waals surface area contributed by atoms with Crippen LogP contribution in [0.3, 0.4) is 0 Å². The van der Waals surface area contributed by atoms with Gasteiger partial charge in [-0.2, -0.15) is 0 Å². The van der Waals surface area contributed by atoms with E-state index >= 15 is 0 Å². The number of nitrogens with zero attached hydrogens (tertiary/aromatic N) is 5. The van der Waals surface area contributed by atoms with Crippen molar-refractivity contribution in [3.05, 3.63) is 24.0 Å². The molecule has 0 saturated carbocycles. The molecule has 4 heterocycles. The number of imidazole rings is 1. The van der Waals surface area contributed by atoms with Crippen LogP contribution >= 0.6 is 11.8 Å². The lowest BCUT2D eigenvalue weighted by Gasteiger charge is -2.29. The van der Waals surface area contributed by atoms with E-state index in [1.54, 1.807) is 12.1 Å². The number of esters is 1. The van der Waals surface area contributed by atoms with Crippen LogP contribution in [0.2, 0.25) is 0 Å². The molecule has 1 aromatic carbocycles. The Morgan fingerprint density at radius 2 is 2.03 bits per heavy atom. The van der Waals surface area contributed by atoms with Gasteiger partial charge in [0, 0.05) is 24.5 Å². The fourth-order valence-electron chi connectivity index (χ4n) is 4.25. The minimum atomic E-state index is -0.482. The van der Waals surface area contributed by atoms with E-state index in [1.807, 2.05) is 9.47 Å². The molecule has 5 rings (SSSR count). The summed E-state index contributed by atoms with van der Waals surface area (Å²) < 4.78 is 17.9. The highest BCUT2D eigenvalue weighted by Gasteiger charge is 2.25. The molecule has 2 aliphatic rings. The van der Waals surface area contributed by atoms with Gasteiger partial charge in [0.2, 0.25) is 13.2 Å². The fourth-order valence-corrected chi connectivity index (χ4v) is 5.29. The number of anilines is 1. The van der Waals surface area contributed by atoms with Gasteiger partial charge in [-0.05, 0) is 37.3 Å². The Bertz CT molecular complexity index is 1240. The average Bonchev–Trinajstić information content (AvgIpc) is 3.46. The second-order valence-electron chi connectivity index (χ2n) is 8.15. The number of rotatable bonds is 7. The fraction of sp³-hybridized carbons (Fsp3) is 0.409. The predicted octanol–water partition coefficient (Wildman–Crippen LogP) is 2.33. The number of likely N-dealkylation sites (tertiary alicyclic amines) is 1. The molecular weight excluding hydrogens is 460 g/mol. The van der Waals surface area contributed by atoms with Crippen molar-refractivity contribution in [1.82, 2.24) is 24.4 Å². The van der Waals surface area contributed by atoms with E-state index in [0.29, 0.717) is 56.6 Å². The molecule has 12 heteroatoms. The number of hydrogen-bond acceptors (Lipinski definition) is 10. The van der Waals surface area contributed by atoms with Gasteiger partial charge in [-0.3, -0.25) is 4.79 Å². The zero-order valence-electron chi connectivity index (χ0n) is 18.6. The maximum absolute atomic E-state index is 12.5. The number of carbonyl (C=O) groups excluding carboxylic acids is 2. The van der Waals surface area contributed by atoms with E-state index in [1.165, 1.54) is 25.2 Å². The number of carbonyl (C=O) groups is 2. The molecule has 34 heavy (non-hydrogen) atoms. The monoisotopic (exact) mass is 484 g/mol. The van der Waals surface area contributed by atoms with Crippen LogP contribution in [0, 0.1) is 5.92 Å². The van der Waals surface area contributed by atoms with E-state index in [-0.39, 0.29) is 6.79 Å². The molecule has 178 valence electrons. The standard InChI is InChI=1S/C22H24N6O5S/c1-31-21(30)14-8-15-16(33-12-32-15)9-17(14)34-22-26-18-19(23)24-10-25-20(18)28(22)7-4-13-2-5-27(11-29)6-3-13/h8-11,13H,2-7,12H2,1H3,(H2,23,24,25). The number of hydrogen-bond donors (Lipinski definition) is 1. The van der Waals surface area contributed by atoms with Crippen molar-refractivity contribution in [2.24, 2.45) is 5.92 Å². The van der Waals surface area contributed by atoms with Crippen LogP contribution in [0.15, 0.2) is 28.5 Å². The van der Waals surface area contributed by atoms with E-state index in [2.05, 4.69) is 9.97 Å². The van der Waals surface area contributed by atoms with Crippen LogP contribution in [-0.2, 0) is 16.1 Å². The quantitative estimate of drug-likeness (QED) is 0.393. The molecule has 0 atom stereocenters. The topological polar surface area (TPSA) is 135 Å². The first-order valence-electron chi connectivity index (χ1n) is 10.9. The number of ether oxygens (including phenoxy) is 3. The lowest BCUT2D eigenvalue weighted by Crippen LogP contribution is -2.32. The maximum Gasteiger partial charge on any atom is 0.339 e. The predicted molar refractivity (Wildman–Crippen MR) is 123 cm³/mol. The van der Waals surface area contributed by atoms with Crippen LogP contribution in [0.1, 0.15) is 29.6 Å². The Labute approximate surface area is 199 Å². The SMILES string of the molecule is COC(=O)c1cc2c(cc1Sc1nc3c(N)ncnc3n1CCC1CCN(C=O)CC1)OCO2. The Morgan fingerprint density at radius 1 is 1.26 bits per heavy atom. The molecule has 2 aromatic heterocycles. The first kappa shape index (κ1) is 22.3. The van der Waals surface area contributed by atoms with Gasteiger partial charge in [0.05, 0.1) is 12.7 Å². The smallest absolute Gasteiger partial charge is 0.339 e. The molecule has 1 fully saturated rings. The van der Waals surface area contributed by atoms with E-state index in [0.717, 1.165) is 38.8 Å². The van der Waals surface area contributed by atoms with Crippen LogP contribution in [-0.4, -0.2) is 63.8 Å². The molecule has 0 spiro atoms. The third-order valence-corrected chi connectivity index (χ3v) is 7.22. The summed E-state index contributed by atoms with van der Waals surface area (Å²) in [7, 11) is 1.34. The minimum Gasteiger partial charge on any atom is -0.465 e. The number of amides is 1. The Balaban J connectivity index is 1.47. The van der Waals surface area contributed by atoms with Gasteiger partial charge in [-0.1, -0.05) is 11.8 Å². The highest BCUT2D eigenvalue weighted by atomic mass is 32.2. The zero-order chi connectivity index (χ0) is 23.7. The summed E-state index contributed by atoms with van der Waals surface area (Å²) in [6.07, 6.45) is 5.16. The molecule has 0 radical (unpaired) electrons. The molecule has 3 aromatic rings. The third-order valence-electron chi connectivity index (χ3n) is 6.17. The van der Waals surface area contributed by atoms with Crippen molar-refractivity contribution < 1.29 is 23.8 Å². The summed E-state index contributed by atoms with van der Waals surface area (Å²) in [5.74, 6) is 1.35. The second-order valence-corrected chi connectivity index (χ2v) is 9.15. The van der Waals surface area contributed by atoms with Crippen molar-refractivity contribution in [3.63, 3.8) is 0 Å². The summed E-state index contributed by atoms with van der Waals surface area (Å²) in [5.41, 5.74) is 7.60. The lowest BCUT2D eigenvalue weighted by atomic mass is 9.94. The molecule has 2 aliphatic heterocycles. The van der Waals surface area contributed by atoms with Gasteiger partial charge < -0.3 is 29.4 Å². The van der Waals surface area contributed by atoms with Crippen molar-refractivity contribution in [1.29, 1.82) is 0 Å². The Hall–Kier alpha value is -3.54. The molecular formula is C22H24N6O5S.